The first-order valence-electron chi connectivity index (χ1n) is 6.56. The number of hydrogen-bond donors (Lipinski definition) is 1. The quantitative estimate of drug-likeness (QED) is 0.710. The van der Waals surface area contributed by atoms with E-state index in [-0.39, 0.29) is 5.91 Å². The zero-order valence-electron chi connectivity index (χ0n) is 11.4. The fraction of sp³-hybridized carbons (Fsp3) is 0.0588. The summed E-state index contributed by atoms with van der Waals surface area (Å²) in [7, 11) is 0. The van der Waals surface area contributed by atoms with Gasteiger partial charge in [-0.3, -0.25) is 4.79 Å². The highest BCUT2D eigenvalue weighted by molar-refractivity contribution is 6.29. The number of halogens is 1. The number of benzene rings is 2. The highest BCUT2D eigenvalue weighted by Gasteiger charge is 2.08. The van der Waals surface area contributed by atoms with E-state index in [9.17, 15) is 4.79 Å². The zero-order chi connectivity index (χ0) is 14.8. The second-order valence-corrected chi connectivity index (χ2v) is 5.22. The monoisotopic (exact) mass is 296 g/mol. The van der Waals surface area contributed by atoms with Crippen molar-refractivity contribution in [2.45, 2.75) is 6.92 Å². The van der Waals surface area contributed by atoms with Crippen molar-refractivity contribution < 1.29 is 4.79 Å². The summed E-state index contributed by atoms with van der Waals surface area (Å²) in [6, 6.07) is 17.1. The van der Waals surface area contributed by atoms with E-state index in [0.29, 0.717) is 16.4 Å². The minimum absolute atomic E-state index is 0.197. The predicted octanol–water partition coefficient (Wildman–Crippen LogP) is 4.45. The Morgan fingerprint density at radius 2 is 1.81 bits per heavy atom. The van der Waals surface area contributed by atoms with Gasteiger partial charge in [0.2, 0.25) is 0 Å². The number of carbonyl (C=O) groups is 1. The van der Waals surface area contributed by atoms with Crippen molar-refractivity contribution in [1.82, 2.24) is 4.98 Å². The molecule has 0 fully saturated rings. The van der Waals surface area contributed by atoms with Crippen molar-refractivity contribution in [3.63, 3.8) is 0 Å². The van der Waals surface area contributed by atoms with Gasteiger partial charge in [-0.25, -0.2) is 4.98 Å². The third-order valence-corrected chi connectivity index (χ3v) is 3.39. The molecule has 0 aliphatic carbocycles. The number of nitrogens with zero attached hydrogens (tertiary/aromatic N) is 1. The molecule has 0 atom stereocenters. The minimum Gasteiger partial charge on any atom is -0.322 e. The summed E-state index contributed by atoms with van der Waals surface area (Å²) in [6.07, 6.45) is 0. The maximum absolute atomic E-state index is 12.3. The Labute approximate surface area is 127 Å². The van der Waals surface area contributed by atoms with E-state index >= 15 is 0 Å². The number of fused-ring (bicyclic) bond motifs is 1. The van der Waals surface area contributed by atoms with Gasteiger partial charge in [0.15, 0.2) is 0 Å². The van der Waals surface area contributed by atoms with Crippen LogP contribution in [-0.2, 0) is 0 Å². The van der Waals surface area contributed by atoms with Crippen molar-refractivity contribution in [2.75, 3.05) is 5.32 Å². The fourth-order valence-corrected chi connectivity index (χ4v) is 2.48. The Morgan fingerprint density at radius 1 is 1.05 bits per heavy atom. The lowest BCUT2D eigenvalue weighted by molar-refractivity contribution is 0.102. The van der Waals surface area contributed by atoms with Crippen LogP contribution in [0.5, 0.6) is 0 Å². The number of anilines is 1. The summed E-state index contributed by atoms with van der Waals surface area (Å²) < 4.78 is 0. The Hall–Kier alpha value is -2.39. The first kappa shape index (κ1) is 13.6. The molecular formula is C17H13ClN2O. The average molecular weight is 297 g/mol. The van der Waals surface area contributed by atoms with E-state index in [0.717, 1.165) is 16.5 Å². The molecule has 0 radical (unpaired) electrons. The molecule has 0 aliphatic rings. The van der Waals surface area contributed by atoms with Crippen molar-refractivity contribution in [3.8, 4) is 0 Å². The standard InChI is InChI=1S/C17H13ClN2O/c1-11-8-14(10-16(18)19-11)17(21)20-15-7-6-12-4-2-3-5-13(12)9-15/h2-10H,1H3,(H,20,21). The number of aryl methyl sites for hydroxylation is 1. The van der Waals surface area contributed by atoms with Crippen LogP contribution in [0.3, 0.4) is 0 Å². The molecule has 3 aromatic rings. The van der Waals surface area contributed by atoms with E-state index in [4.69, 9.17) is 11.6 Å². The number of aromatic nitrogens is 1. The van der Waals surface area contributed by atoms with Gasteiger partial charge in [0, 0.05) is 16.9 Å². The van der Waals surface area contributed by atoms with Crippen molar-refractivity contribution >= 4 is 34.0 Å². The third-order valence-electron chi connectivity index (χ3n) is 3.19. The van der Waals surface area contributed by atoms with Crippen LogP contribution in [0, 0.1) is 6.92 Å². The molecule has 4 heteroatoms. The van der Waals surface area contributed by atoms with E-state index in [1.807, 2.05) is 42.5 Å². The first-order valence-corrected chi connectivity index (χ1v) is 6.94. The number of amides is 1. The van der Waals surface area contributed by atoms with Crippen LogP contribution in [-0.4, -0.2) is 10.9 Å². The number of rotatable bonds is 2. The van der Waals surface area contributed by atoms with Gasteiger partial charge in [-0.05, 0) is 42.0 Å². The van der Waals surface area contributed by atoms with Gasteiger partial charge >= 0.3 is 0 Å². The molecule has 2 aromatic carbocycles. The van der Waals surface area contributed by atoms with Crippen molar-refractivity contribution in [3.05, 3.63) is 71.0 Å². The minimum atomic E-state index is -0.197. The van der Waals surface area contributed by atoms with Crippen molar-refractivity contribution in [1.29, 1.82) is 0 Å². The van der Waals surface area contributed by atoms with E-state index in [1.54, 1.807) is 19.1 Å². The fourth-order valence-electron chi connectivity index (χ4n) is 2.23. The van der Waals surface area contributed by atoms with Crippen LogP contribution >= 0.6 is 11.6 Å². The van der Waals surface area contributed by atoms with Gasteiger partial charge < -0.3 is 5.32 Å². The normalized spacial score (nSPS) is 10.6. The summed E-state index contributed by atoms with van der Waals surface area (Å²) in [5, 5.41) is 5.42. The van der Waals surface area contributed by atoms with Gasteiger partial charge in [0.1, 0.15) is 5.15 Å². The molecule has 0 bridgehead atoms. The molecular weight excluding hydrogens is 284 g/mol. The SMILES string of the molecule is Cc1cc(C(=O)Nc2ccc3ccccc3c2)cc(Cl)n1. The third kappa shape index (κ3) is 3.03. The van der Waals surface area contributed by atoms with E-state index in [2.05, 4.69) is 10.3 Å². The largest absolute Gasteiger partial charge is 0.322 e. The molecule has 1 N–H and O–H groups in total. The van der Waals surface area contributed by atoms with Gasteiger partial charge in [0.05, 0.1) is 0 Å². The molecule has 0 unspecified atom stereocenters. The highest BCUT2D eigenvalue weighted by atomic mass is 35.5. The Bertz CT molecular complexity index is 810. The lowest BCUT2D eigenvalue weighted by atomic mass is 10.1. The van der Waals surface area contributed by atoms with Crippen LogP contribution in [0.25, 0.3) is 10.8 Å². The molecule has 1 heterocycles. The second-order valence-electron chi connectivity index (χ2n) is 4.84. The van der Waals surface area contributed by atoms with Crippen LogP contribution < -0.4 is 5.32 Å². The van der Waals surface area contributed by atoms with Crippen molar-refractivity contribution in [2.24, 2.45) is 0 Å². The number of carbonyl (C=O) groups excluding carboxylic acids is 1. The molecule has 1 aromatic heterocycles. The number of hydrogen-bond acceptors (Lipinski definition) is 2. The summed E-state index contributed by atoms with van der Waals surface area (Å²) in [5.41, 5.74) is 1.97. The maximum Gasteiger partial charge on any atom is 0.255 e. The van der Waals surface area contributed by atoms with Crippen LogP contribution in [0.15, 0.2) is 54.6 Å². The first-order chi connectivity index (χ1) is 10.1. The molecule has 0 saturated heterocycles. The van der Waals surface area contributed by atoms with Gasteiger partial charge in [0.25, 0.3) is 5.91 Å². The van der Waals surface area contributed by atoms with Gasteiger partial charge in [-0.2, -0.15) is 0 Å². The Kier molecular flexibility index (Phi) is 3.59. The molecule has 21 heavy (non-hydrogen) atoms. The zero-order valence-corrected chi connectivity index (χ0v) is 12.2. The summed E-state index contributed by atoms with van der Waals surface area (Å²) >= 11 is 5.88. The van der Waals surface area contributed by atoms with Crippen LogP contribution in [0.1, 0.15) is 16.1 Å². The topological polar surface area (TPSA) is 42.0 Å². The van der Waals surface area contributed by atoms with E-state index < -0.39 is 0 Å². The predicted molar refractivity (Wildman–Crippen MR) is 85.9 cm³/mol. The molecule has 104 valence electrons. The molecule has 1 amide bonds. The molecule has 0 saturated carbocycles. The summed E-state index contributed by atoms with van der Waals surface area (Å²) in [6.45, 7) is 1.80. The summed E-state index contributed by atoms with van der Waals surface area (Å²) in [5.74, 6) is -0.197. The van der Waals surface area contributed by atoms with E-state index in [1.165, 1.54) is 0 Å². The molecule has 0 aliphatic heterocycles. The molecule has 0 spiro atoms. The smallest absolute Gasteiger partial charge is 0.255 e. The Morgan fingerprint density at radius 3 is 2.57 bits per heavy atom. The molecule has 3 nitrogen and oxygen atoms in total. The second kappa shape index (κ2) is 5.54. The van der Waals surface area contributed by atoms with Crippen LogP contribution in [0.4, 0.5) is 5.69 Å². The molecule has 3 rings (SSSR count). The summed E-state index contributed by atoms with van der Waals surface area (Å²) in [4.78, 5) is 16.3. The van der Waals surface area contributed by atoms with Gasteiger partial charge in [-0.1, -0.05) is 41.9 Å². The Balaban J connectivity index is 1.88. The van der Waals surface area contributed by atoms with Gasteiger partial charge in [-0.15, -0.1) is 0 Å². The number of nitrogens with one attached hydrogen (secondary N) is 1. The average Bonchev–Trinajstić information content (AvgIpc) is 2.46. The van der Waals surface area contributed by atoms with Crippen LogP contribution in [0.2, 0.25) is 5.15 Å². The lowest BCUT2D eigenvalue weighted by Gasteiger charge is -2.07. The lowest BCUT2D eigenvalue weighted by Crippen LogP contribution is -2.12. The highest BCUT2D eigenvalue weighted by Crippen LogP contribution is 2.20. The maximum atomic E-state index is 12.3. The number of pyridine rings is 1.